The van der Waals surface area contributed by atoms with Crippen LogP contribution in [0.15, 0.2) is 29.2 Å². The maximum absolute atomic E-state index is 12.8. The molecule has 1 saturated heterocycles. The molecular formula is C20H27N5O3S. The van der Waals surface area contributed by atoms with Gasteiger partial charge in [-0.15, -0.1) is 0 Å². The van der Waals surface area contributed by atoms with E-state index in [1.807, 2.05) is 4.90 Å². The van der Waals surface area contributed by atoms with E-state index in [1.54, 1.807) is 26.0 Å². The van der Waals surface area contributed by atoms with Gasteiger partial charge in [0, 0.05) is 36.5 Å². The summed E-state index contributed by atoms with van der Waals surface area (Å²) >= 11 is 0. The third-order valence-electron chi connectivity index (χ3n) is 5.43. The second-order valence-electron chi connectivity index (χ2n) is 8.22. The zero-order valence-electron chi connectivity index (χ0n) is 16.8. The fourth-order valence-electron chi connectivity index (χ4n) is 3.69. The number of aromatic amines is 1. The van der Waals surface area contributed by atoms with Gasteiger partial charge < -0.3 is 4.90 Å². The molecule has 9 heteroatoms. The molecule has 0 bridgehead atoms. The Bertz CT molecular complexity index is 972. The Morgan fingerprint density at radius 1 is 1.10 bits per heavy atom. The molecule has 2 aliphatic rings. The summed E-state index contributed by atoms with van der Waals surface area (Å²) in [6.45, 7) is 4.84. The van der Waals surface area contributed by atoms with E-state index in [0.29, 0.717) is 30.5 Å². The third-order valence-corrected chi connectivity index (χ3v) is 7.11. The minimum Gasteiger partial charge on any atom is -0.339 e. The van der Waals surface area contributed by atoms with Gasteiger partial charge in [-0.2, -0.15) is 5.10 Å². The number of benzene rings is 1. The predicted molar refractivity (Wildman–Crippen MR) is 108 cm³/mol. The van der Waals surface area contributed by atoms with Gasteiger partial charge in [-0.3, -0.25) is 9.89 Å². The van der Waals surface area contributed by atoms with Gasteiger partial charge in [-0.25, -0.2) is 18.1 Å². The molecule has 1 aliphatic carbocycles. The van der Waals surface area contributed by atoms with Gasteiger partial charge in [0.2, 0.25) is 10.0 Å². The van der Waals surface area contributed by atoms with Crippen LogP contribution >= 0.6 is 0 Å². The quantitative estimate of drug-likeness (QED) is 0.750. The van der Waals surface area contributed by atoms with Crippen molar-refractivity contribution in [2.24, 2.45) is 0 Å². The number of nitrogens with one attached hydrogen (secondary N) is 2. The molecular weight excluding hydrogens is 390 g/mol. The minimum atomic E-state index is -3.56. The third kappa shape index (κ3) is 4.51. The first-order valence-electron chi connectivity index (χ1n) is 10.2. The van der Waals surface area contributed by atoms with Gasteiger partial charge in [-0.05, 0) is 63.8 Å². The normalized spacial score (nSPS) is 18.4. The van der Waals surface area contributed by atoms with Crippen molar-refractivity contribution in [1.29, 1.82) is 0 Å². The van der Waals surface area contributed by atoms with E-state index in [0.717, 1.165) is 24.5 Å². The highest BCUT2D eigenvalue weighted by Gasteiger charge is 2.31. The summed E-state index contributed by atoms with van der Waals surface area (Å²) in [6.07, 6.45) is 4.04. The van der Waals surface area contributed by atoms with E-state index in [4.69, 9.17) is 0 Å². The van der Waals surface area contributed by atoms with Crippen molar-refractivity contribution in [3.8, 4) is 0 Å². The van der Waals surface area contributed by atoms with Gasteiger partial charge in [0.15, 0.2) is 5.82 Å². The number of hydrogen-bond acceptors (Lipinski definition) is 5. The number of piperidine rings is 1. The molecule has 0 unspecified atom stereocenters. The molecule has 0 radical (unpaired) electrons. The molecule has 0 atom stereocenters. The summed E-state index contributed by atoms with van der Waals surface area (Å²) in [5, 5.41) is 7.41. The highest BCUT2D eigenvalue weighted by Crippen LogP contribution is 2.38. The lowest BCUT2D eigenvalue weighted by molar-refractivity contribution is 0.0711. The smallest absolute Gasteiger partial charge is 0.253 e. The Morgan fingerprint density at radius 3 is 2.34 bits per heavy atom. The zero-order chi connectivity index (χ0) is 20.6. The molecule has 156 valence electrons. The summed E-state index contributed by atoms with van der Waals surface area (Å²) in [7, 11) is -3.56. The lowest BCUT2D eigenvalue weighted by atomic mass is 9.95. The Labute approximate surface area is 171 Å². The van der Waals surface area contributed by atoms with Crippen LogP contribution in [0.2, 0.25) is 0 Å². The lowest BCUT2D eigenvalue weighted by Crippen LogP contribution is -2.38. The average Bonchev–Trinajstić information content (AvgIpc) is 3.43. The first kappa shape index (κ1) is 20.0. The van der Waals surface area contributed by atoms with E-state index in [-0.39, 0.29) is 16.8 Å². The Hall–Kier alpha value is -2.26. The van der Waals surface area contributed by atoms with E-state index in [2.05, 4.69) is 19.9 Å². The average molecular weight is 418 g/mol. The Morgan fingerprint density at radius 2 is 1.76 bits per heavy atom. The van der Waals surface area contributed by atoms with Crippen LogP contribution in [0, 0.1) is 0 Å². The van der Waals surface area contributed by atoms with Crippen LogP contribution in [0.4, 0.5) is 0 Å². The number of hydrogen-bond donors (Lipinski definition) is 2. The van der Waals surface area contributed by atoms with Crippen molar-refractivity contribution < 1.29 is 13.2 Å². The fraction of sp³-hybridized carbons (Fsp3) is 0.550. The van der Waals surface area contributed by atoms with Crippen LogP contribution in [0.25, 0.3) is 0 Å². The highest BCUT2D eigenvalue weighted by molar-refractivity contribution is 7.89. The number of H-pyrrole nitrogens is 1. The molecule has 2 heterocycles. The van der Waals surface area contributed by atoms with Crippen molar-refractivity contribution in [2.75, 3.05) is 13.1 Å². The van der Waals surface area contributed by atoms with Gasteiger partial charge >= 0.3 is 0 Å². The number of amides is 1. The second kappa shape index (κ2) is 7.87. The SMILES string of the molecule is CC(C)NS(=O)(=O)c1ccc(C(=O)N2CCC(c3nc(C4CC4)n[nH]3)CC2)cc1. The second-order valence-corrected chi connectivity index (χ2v) is 9.93. The number of carbonyl (C=O) groups excluding carboxylic acids is 1. The molecule has 2 N–H and O–H groups in total. The van der Waals surface area contributed by atoms with Gasteiger partial charge in [-0.1, -0.05) is 0 Å². The summed E-state index contributed by atoms with van der Waals surface area (Å²) in [6, 6.07) is 5.95. The number of rotatable bonds is 6. The largest absolute Gasteiger partial charge is 0.339 e. The summed E-state index contributed by atoms with van der Waals surface area (Å²) < 4.78 is 27.0. The first-order valence-corrected chi connectivity index (χ1v) is 11.7. The van der Waals surface area contributed by atoms with Crippen molar-refractivity contribution in [1.82, 2.24) is 24.8 Å². The Balaban J connectivity index is 1.36. The van der Waals surface area contributed by atoms with E-state index in [9.17, 15) is 13.2 Å². The minimum absolute atomic E-state index is 0.0690. The molecule has 1 amide bonds. The van der Waals surface area contributed by atoms with Gasteiger partial charge in [0.25, 0.3) is 5.91 Å². The number of nitrogens with zero attached hydrogens (tertiary/aromatic N) is 3. The molecule has 1 aromatic heterocycles. The summed E-state index contributed by atoms with van der Waals surface area (Å²) in [5.74, 6) is 2.63. The van der Waals surface area contributed by atoms with Crippen LogP contribution in [-0.4, -0.2) is 53.5 Å². The molecule has 4 rings (SSSR count). The van der Waals surface area contributed by atoms with Crippen molar-refractivity contribution in [3.05, 3.63) is 41.5 Å². The molecule has 8 nitrogen and oxygen atoms in total. The van der Waals surface area contributed by atoms with E-state index < -0.39 is 10.0 Å². The van der Waals surface area contributed by atoms with Gasteiger partial charge in [0.1, 0.15) is 5.82 Å². The fourth-order valence-corrected chi connectivity index (χ4v) is 4.94. The molecule has 1 aromatic carbocycles. The van der Waals surface area contributed by atoms with Crippen LogP contribution < -0.4 is 4.72 Å². The number of sulfonamides is 1. The first-order chi connectivity index (χ1) is 13.8. The molecule has 0 spiro atoms. The van der Waals surface area contributed by atoms with Crippen LogP contribution in [0.5, 0.6) is 0 Å². The lowest BCUT2D eigenvalue weighted by Gasteiger charge is -2.31. The maximum atomic E-state index is 12.8. The summed E-state index contributed by atoms with van der Waals surface area (Å²) in [5.41, 5.74) is 0.502. The maximum Gasteiger partial charge on any atom is 0.253 e. The number of likely N-dealkylation sites (tertiary alicyclic amines) is 1. The molecule has 29 heavy (non-hydrogen) atoms. The van der Waals surface area contributed by atoms with Gasteiger partial charge in [0.05, 0.1) is 4.90 Å². The van der Waals surface area contributed by atoms with E-state index in [1.165, 1.54) is 25.0 Å². The molecule has 2 aromatic rings. The topological polar surface area (TPSA) is 108 Å². The van der Waals surface area contributed by atoms with E-state index >= 15 is 0 Å². The van der Waals surface area contributed by atoms with Crippen molar-refractivity contribution >= 4 is 15.9 Å². The van der Waals surface area contributed by atoms with Crippen molar-refractivity contribution in [2.45, 2.75) is 62.3 Å². The molecule has 1 aliphatic heterocycles. The monoisotopic (exact) mass is 417 g/mol. The van der Waals surface area contributed by atoms with Crippen molar-refractivity contribution in [3.63, 3.8) is 0 Å². The molecule has 1 saturated carbocycles. The van der Waals surface area contributed by atoms with Crippen LogP contribution in [0.3, 0.4) is 0 Å². The Kier molecular flexibility index (Phi) is 5.44. The highest BCUT2D eigenvalue weighted by atomic mass is 32.2. The standard InChI is InChI=1S/C20H27N5O3S/c1-13(2)24-29(27,28)17-7-5-16(6-8-17)20(26)25-11-9-15(10-12-25)19-21-18(22-23-19)14-3-4-14/h5-8,13-15,24H,3-4,9-12H2,1-2H3,(H,21,22,23). The van der Waals surface area contributed by atoms with Crippen LogP contribution in [-0.2, 0) is 10.0 Å². The predicted octanol–water partition coefficient (Wildman–Crippen LogP) is 2.39. The molecule has 2 fully saturated rings. The van der Waals surface area contributed by atoms with Crippen LogP contribution in [0.1, 0.15) is 73.4 Å². The number of aromatic nitrogens is 3. The zero-order valence-corrected chi connectivity index (χ0v) is 17.6. The summed E-state index contributed by atoms with van der Waals surface area (Å²) in [4.78, 5) is 19.4. The number of carbonyl (C=O) groups is 1.